The van der Waals surface area contributed by atoms with Gasteiger partial charge in [0.15, 0.2) is 0 Å². The molecule has 2 N–H and O–H groups in total. The van der Waals surface area contributed by atoms with E-state index < -0.39 is 0 Å². The van der Waals surface area contributed by atoms with Crippen LogP contribution in [-0.4, -0.2) is 10.9 Å². The lowest BCUT2D eigenvalue weighted by molar-refractivity contribution is -0.114. The van der Waals surface area contributed by atoms with Gasteiger partial charge in [-0.3, -0.25) is 4.79 Å². The minimum atomic E-state index is -0.137. The molecule has 14 heavy (non-hydrogen) atoms. The Morgan fingerprint density at radius 1 is 1.57 bits per heavy atom. The maximum Gasteiger partial charge on any atom is 0.221 e. The van der Waals surface area contributed by atoms with Crippen molar-refractivity contribution in [3.8, 4) is 0 Å². The Hall–Kier alpha value is -1.48. The molecule has 0 spiro atoms. The molecule has 0 atom stereocenters. The fourth-order valence-electron chi connectivity index (χ4n) is 1.29. The summed E-state index contributed by atoms with van der Waals surface area (Å²) in [5, 5.41) is 4.15. The molecule has 71 valence electrons. The zero-order chi connectivity index (χ0) is 10.1. The first-order chi connectivity index (χ1) is 6.66. The van der Waals surface area contributed by atoms with Gasteiger partial charge in [0.25, 0.3) is 0 Å². The van der Waals surface area contributed by atoms with Crippen LogP contribution in [0.15, 0.2) is 18.2 Å². The van der Waals surface area contributed by atoms with Crippen LogP contribution in [0.5, 0.6) is 0 Å². The fourth-order valence-corrected chi connectivity index (χ4v) is 1.51. The quantitative estimate of drug-likeness (QED) is 0.742. The lowest BCUT2D eigenvalue weighted by atomic mass is 10.2. The van der Waals surface area contributed by atoms with Crippen molar-refractivity contribution in [2.75, 3.05) is 5.32 Å². The molecule has 0 fully saturated rings. The number of rotatable bonds is 1. The number of benzene rings is 1. The maximum absolute atomic E-state index is 10.9. The third-order valence-corrected chi connectivity index (χ3v) is 2.20. The van der Waals surface area contributed by atoms with Gasteiger partial charge in [-0.1, -0.05) is 11.6 Å². The Morgan fingerprint density at radius 3 is 3.07 bits per heavy atom. The van der Waals surface area contributed by atoms with Crippen LogP contribution in [-0.2, 0) is 4.79 Å². The van der Waals surface area contributed by atoms with Crippen LogP contribution in [0.3, 0.4) is 0 Å². The van der Waals surface area contributed by atoms with Gasteiger partial charge in [0, 0.05) is 17.8 Å². The standard InChI is InChI=1S/C10H8ClN2O/c1-6(14)13-10-5-9-7(2-3-12-9)4-8(10)11/h2,4-5,12H,1H3,(H,13,14). The molecule has 1 heterocycles. The molecule has 1 aromatic carbocycles. The van der Waals surface area contributed by atoms with Crippen molar-refractivity contribution in [2.45, 2.75) is 6.92 Å². The van der Waals surface area contributed by atoms with E-state index in [1.165, 1.54) is 6.92 Å². The maximum atomic E-state index is 10.9. The summed E-state index contributed by atoms with van der Waals surface area (Å²) in [6.07, 6.45) is 2.85. The average molecular weight is 208 g/mol. The molecule has 4 heteroatoms. The second-order valence-electron chi connectivity index (χ2n) is 3.01. The molecule has 0 unspecified atom stereocenters. The number of hydrogen-bond acceptors (Lipinski definition) is 1. The minimum Gasteiger partial charge on any atom is -0.353 e. The van der Waals surface area contributed by atoms with Crippen molar-refractivity contribution in [3.63, 3.8) is 0 Å². The highest BCUT2D eigenvalue weighted by Crippen LogP contribution is 2.27. The normalized spacial score (nSPS) is 10.4. The van der Waals surface area contributed by atoms with E-state index in [4.69, 9.17) is 11.6 Å². The molecule has 0 bridgehead atoms. The van der Waals surface area contributed by atoms with Gasteiger partial charge < -0.3 is 10.3 Å². The predicted molar refractivity (Wildman–Crippen MR) is 56.4 cm³/mol. The van der Waals surface area contributed by atoms with E-state index in [0.29, 0.717) is 10.7 Å². The summed E-state index contributed by atoms with van der Waals surface area (Å²) < 4.78 is 0. The number of anilines is 1. The molecular formula is C10H8ClN2O. The van der Waals surface area contributed by atoms with E-state index in [2.05, 4.69) is 16.5 Å². The lowest BCUT2D eigenvalue weighted by Crippen LogP contribution is -2.05. The van der Waals surface area contributed by atoms with Crippen molar-refractivity contribution in [1.82, 2.24) is 4.98 Å². The van der Waals surface area contributed by atoms with Crippen LogP contribution in [0.1, 0.15) is 6.92 Å². The first-order valence-electron chi connectivity index (χ1n) is 4.13. The van der Waals surface area contributed by atoms with Crippen LogP contribution in [0.25, 0.3) is 10.9 Å². The monoisotopic (exact) mass is 207 g/mol. The Labute approximate surface area is 86.1 Å². The van der Waals surface area contributed by atoms with E-state index in [1.807, 2.05) is 0 Å². The third-order valence-electron chi connectivity index (χ3n) is 1.88. The third kappa shape index (κ3) is 1.59. The number of nitrogens with one attached hydrogen (secondary N) is 2. The van der Waals surface area contributed by atoms with Crippen molar-refractivity contribution in [3.05, 3.63) is 29.4 Å². The van der Waals surface area contributed by atoms with E-state index in [-0.39, 0.29) is 5.91 Å². The van der Waals surface area contributed by atoms with Gasteiger partial charge >= 0.3 is 0 Å². The number of carbonyl (C=O) groups excluding carboxylic acids is 1. The summed E-state index contributed by atoms with van der Waals surface area (Å²) in [6.45, 7) is 1.45. The lowest BCUT2D eigenvalue weighted by Gasteiger charge is -2.04. The molecule has 0 aliphatic rings. The smallest absolute Gasteiger partial charge is 0.221 e. The highest BCUT2D eigenvalue weighted by Gasteiger charge is 2.04. The van der Waals surface area contributed by atoms with Gasteiger partial charge in [-0.05, 0) is 18.2 Å². The molecule has 1 amide bonds. The van der Waals surface area contributed by atoms with Crippen molar-refractivity contribution in [1.29, 1.82) is 0 Å². The van der Waals surface area contributed by atoms with E-state index >= 15 is 0 Å². The zero-order valence-corrected chi connectivity index (χ0v) is 8.27. The van der Waals surface area contributed by atoms with Gasteiger partial charge in [0.05, 0.1) is 16.9 Å². The Morgan fingerprint density at radius 2 is 2.36 bits per heavy atom. The highest BCUT2D eigenvalue weighted by atomic mass is 35.5. The van der Waals surface area contributed by atoms with Gasteiger partial charge in [0.2, 0.25) is 5.91 Å². The Bertz CT molecular complexity index is 490. The van der Waals surface area contributed by atoms with Gasteiger partial charge in [0.1, 0.15) is 0 Å². The molecule has 3 nitrogen and oxygen atoms in total. The summed E-state index contributed by atoms with van der Waals surface area (Å²) in [6, 6.07) is 5.38. The molecule has 2 aromatic rings. The second-order valence-corrected chi connectivity index (χ2v) is 3.42. The summed E-state index contributed by atoms with van der Waals surface area (Å²) in [5.41, 5.74) is 1.51. The summed E-state index contributed by atoms with van der Waals surface area (Å²) in [4.78, 5) is 13.8. The first-order valence-corrected chi connectivity index (χ1v) is 4.50. The predicted octanol–water partition coefficient (Wildman–Crippen LogP) is 2.58. The summed E-state index contributed by atoms with van der Waals surface area (Å²) in [5.74, 6) is -0.137. The van der Waals surface area contributed by atoms with Gasteiger partial charge in [-0.15, -0.1) is 0 Å². The van der Waals surface area contributed by atoms with Gasteiger partial charge in [-0.25, -0.2) is 0 Å². The van der Waals surface area contributed by atoms with Crippen LogP contribution in [0.4, 0.5) is 5.69 Å². The van der Waals surface area contributed by atoms with Crippen LogP contribution in [0.2, 0.25) is 5.02 Å². The number of carbonyl (C=O) groups is 1. The number of aromatic nitrogens is 1. The number of hydrogen-bond donors (Lipinski definition) is 2. The molecule has 1 radical (unpaired) electrons. The first kappa shape index (κ1) is 9.09. The molecule has 0 saturated heterocycles. The number of H-pyrrole nitrogens is 1. The van der Waals surface area contributed by atoms with Crippen molar-refractivity contribution < 1.29 is 4.79 Å². The fraction of sp³-hybridized carbons (Fsp3) is 0.100. The van der Waals surface area contributed by atoms with E-state index in [1.54, 1.807) is 18.2 Å². The van der Waals surface area contributed by atoms with E-state index in [9.17, 15) is 4.79 Å². The SMILES string of the molecule is CC(=O)Nc1cc2[nH][c]cc2cc1Cl. The number of aromatic amines is 1. The molecule has 1 aromatic heterocycles. The zero-order valence-electron chi connectivity index (χ0n) is 7.52. The van der Waals surface area contributed by atoms with Crippen LogP contribution < -0.4 is 5.32 Å². The Kier molecular flexibility index (Phi) is 2.17. The minimum absolute atomic E-state index is 0.137. The number of fused-ring (bicyclic) bond motifs is 1. The van der Waals surface area contributed by atoms with Crippen molar-refractivity contribution in [2.24, 2.45) is 0 Å². The highest BCUT2D eigenvalue weighted by molar-refractivity contribution is 6.34. The van der Waals surface area contributed by atoms with Crippen molar-refractivity contribution >= 4 is 34.1 Å². The molecule has 2 rings (SSSR count). The summed E-state index contributed by atoms with van der Waals surface area (Å²) >= 11 is 5.96. The van der Waals surface area contributed by atoms with E-state index in [0.717, 1.165) is 10.9 Å². The molecule has 0 saturated carbocycles. The van der Waals surface area contributed by atoms with Gasteiger partial charge in [-0.2, -0.15) is 0 Å². The largest absolute Gasteiger partial charge is 0.353 e. The average Bonchev–Trinajstić information content (AvgIpc) is 2.51. The Balaban J connectivity index is 2.53. The number of halogens is 1. The molecule has 0 aliphatic carbocycles. The summed E-state index contributed by atoms with van der Waals surface area (Å²) in [7, 11) is 0. The number of amides is 1. The molecular weight excluding hydrogens is 200 g/mol. The van der Waals surface area contributed by atoms with Crippen LogP contribution in [0, 0.1) is 6.20 Å². The van der Waals surface area contributed by atoms with Crippen LogP contribution >= 0.6 is 11.6 Å². The molecule has 0 aliphatic heterocycles. The second kappa shape index (κ2) is 3.35. The topological polar surface area (TPSA) is 44.9 Å².